The molecule has 0 saturated carbocycles. The molecule has 4 rings (SSSR count). The molecule has 3 aromatic rings. The van der Waals surface area contributed by atoms with Crippen LogP contribution < -0.4 is 5.32 Å². The van der Waals surface area contributed by atoms with Crippen LogP contribution in [0.25, 0.3) is 0 Å². The number of nitrogens with one attached hydrogen (secondary N) is 1. The van der Waals surface area contributed by atoms with E-state index >= 15 is 0 Å². The third kappa shape index (κ3) is 4.76. The molecule has 162 valence electrons. The maximum atomic E-state index is 14.1. The first-order valence-electron chi connectivity index (χ1n) is 9.70. The molecule has 1 aliphatic heterocycles. The van der Waals surface area contributed by atoms with Crippen LogP contribution in [0.15, 0.2) is 48.9 Å². The summed E-state index contributed by atoms with van der Waals surface area (Å²) in [6, 6.07) is 8.59. The van der Waals surface area contributed by atoms with Gasteiger partial charge in [0.15, 0.2) is 5.69 Å². The first kappa shape index (κ1) is 20.6. The van der Waals surface area contributed by atoms with Crippen LogP contribution in [-0.2, 0) is 20.1 Å². The van der Waals surface area contributed by atoms with Crippen molar-refractivity contribution in [3.05, 3.63) is 65.7 Å². The average Bonchev–Trinajstić information content (AvgIpc) is 3.45. The molecule has 1 aliphatic rings. The molecule has 1 atom stereocenters. The zero-order valence-corrected chi connectivity index (χ0v) is 16.8. The van der Waals surface area contributed by atoms with E-state index in [-0.39, 0.29) is 17.8 Å². The van der Waals surface area contributed by atoms with Crippen molar-refractivity contribution in [3.63, 3.8) is 0 Å². The summed E-state index contributed by atoms with van der Waals surface area (Å²) in [6.07, 6.45) is 3.74. The average molecular weight is 429 g/mol. The van der Waals surface area contributed by atoms with Gasteiger partial charge in [-0.1, -0.05) is 35.5 Å². The highest BCUT2D eigenvalue weighted by molar-refractivity contribution is 5.94. The molecule has 1 saturated heterocycles. The van der Waals surface area contributed by atoms with Crippen LogP contribution in [0.2, 0.25) is 0 Å². The summed E-state index contributed by atoms with van der Waals surface area (Å²) in [6.45, 7) is -0.347. The molecular weight excluding hydrogens is 408 g/mol. The first-order chi connectivity index (χ1) is 14.8. The summed E-state index contributed by atoms with van der Waals surface area (Å²) in [4.78, 5) is 26.2. The topological polar surface area (TPSA) is 97.9 Å². The molecule has 9 nitrogen and oxygen atoms in total. The molecule has 2 aromatic heterocycles. The minimum absolute atomic E-state index is 0.000553. The summed E-state index contributed by atoms with van der Waals surface area (Å²) in [5.41, 5.74) is 1.25. The van der Waals surface area contributed by atoms with Gasteiger partial charge >= 0.3 is 0 Å². The number of hydrogen-bond donors (Lipinski definition) is 1. The minimum atomic E-state index is -3.00. The maximum Gasteiger partial charge on any atom is 0.273 e. The van der Waals surface area contributed by atoms with Gasteiger partial charge in [-0.2, -0.15) is 5.10 Å². The van der Waals surface area contributed by atoms with Crippen molar-refractivity contribution in [3.8, 4) is 0 Å². The van der Waals surface area contributed by atoms with Crippen LogP contribution >= 0.6 is 0 Å². The summed E-state index contributed by atoms with van der Waals surface area (Å²) >= 11 is 0. The van der Waals surface area contributed by atoms with Gasteiger partial charge in [0.25, 0.3) is 17.7 Å². The van der Waals surface area contributed by atoms with Gasteiger partial charge in [0, 0.05) is 26.2 Å². The monoisotopic (exact) mass is 429 g/mol. The SMILES string of the molecule is Cn1cc(C(=O)N2CC(F)(F)C[C@H]2Cn2cc(C(=O)NCc3ccccc3)nn2)cn1. The Kier molecular flexibility index (Phi) is 5.49. The highest BCUT2D eigenvalue weighted by atomic mass is 19.3. The van der Waals surface area contributed by atoms with Crippen molar-refractivity contribution in [2.75, 3.05) is 6.54 Å². The van der Waals surface area contributed by atoms with E-state index in [1.165, 1.54) is 28.0 Å². The fourth-order valence-electron chi connectivity index (χ4n) is 3.57. The normalized spacial score (nSPS) is 17.6. The molecule has 11 heteroatoms. The van der Waals surface area contributed by atoms with E-state index in [0.29, 0.717) is 6.54 Å². The van der Waals surface area contributed by atoms with Gasteiger partial charge in [-0.25, -0.2) is 13.5 Å². The molecule has 1 N–H and O–H groups in total. The van der Waals surface area contributed by atoms with Crippen LogP contribution in [0, 0.1) is 0 Å². The van der Waals surface area contributed by atoms with Gasteiger partial charge < -0.3 is 10.2 Å². The predicted octanol–water partition coefficient (Wildman–Crippen LogP) is 1.49. The second-order valence-corrected chi connectivity index (χ2v) is 7.54. The Morgan fingerprint density at radius 3 is 2.71 bits per heavy atom. The van der Waals surface area contributed by atoms with Crippen molar-refractivity contribution >= 4 is 11.8 Å². The standard InChI is InChI=1S/C20H21F2N7O2/c1-27-10-15(9-24-27)19(31)29-13-20(21,22)7-16(29)11-28-12-17(25-26-28)18(30)23-8-14-5-3-2-4-6-14/h2-6,9-10,12,16H,7-8,11,13H2,1H3,(H,23,30)/t16-/m0/s1. The number of nitrogens with zero attached hydrogens (tertiary/aromatic N) is 6. The largest absolute Gasteiger partial charge is 0.347 e. The van der Waals surface area contributed by atoms with Crippen molar-refractivity contribution in [1.29, 1.82) is 0 Å². The second-order valence-electron chi connectivity index (χ2n) is 7.54. The molecule has 2 amide bonds. The number of halogens is 2. The molecule has 0 radical (unpaired) electrons. The Labute approximate surface area is 176 Å². The number of hydrogen-bond acceptors (Lipinski definition) is 5. The lowest BCUT2D eigenvalue weighted by Gasteiger charge is -2.23. The van der Waals surface area contributed by atoms with E-state index in [1.54, 1.807) is 7.05 Å². The third-order valence-corrected chi connectivity index (χ3v) is 5.05. The van der Waals surface area contributed by atoms with Gasteiger partial charge in [0.05, 0.1) is 37.1 Å². The quantitative estimate of drug-likeness (QED) is 0.640. The molecule has 0 aliphatic carbocycles. The number of alkyl halides is 2. The Morgan fingerprint density at radius 2 is 2.00 bits per heavy atom. The van der Waals surface area contributed by atoms with E-state index in [1.807, 2.05) is 30.3 Å². The van der Waals surface area contributed by atoms with E-state index < -0.39 is 36.7 Å². The fourth-order valence-corrected chi connectivity index (χ4v) is 3.57. The molecule has 31 heavy (non-hydrogen) atoms. The number of amides is 2. The van der Waals surface area contributed by atoms with E-state index in [2.05, 4.69) is 20.7 Å². The number of benzene rings is 1. The second kappa shape index (κ2) is 8.25. The van der Waals surface area contributed by atoms with Gasteiger partial charge in [-0.15, -0.1) is 5.10 Å². The molecule has 1 fully saturated rings. The number of likely N-dealkylation sites (tertiary alicyclic amines) is 1. The van der Waals surface area contributed by atoms with E-state index in [9.17, 15) is 18.4 Å². The molecular formula is C20H21F2N7O2. The van der Waals surface area contributed by atoms with E-state index in [0.717, 1.165) is 10.5 Å². The highest BCUT2D eigenvalue weighted by Crippen LogP contribution is 2.33. The van der Waals surface area contributed by atoms with Crippen LogP contribution in [0.1, 0.15) is 32.8 Å². The predicted molar refractivity (Wildman–Crippen MR) is 105 cm³/mol. The van der Waals surface area contributed by atoms with Crippen molar-refractivity contribution in [1.82, 2.24) is 35.0 Å². The first-order valence-corrected chi connectivity index (χ1v) is 9.70. The van der Waals surface area contributed by atoms with E-state index in [4.69, 9.17) is 0 Å². The Morgan fingerprint density at radius 1 is 1.23 bits per heavy atom. The summed E-state index contributed by atoms with van der Waals surface area (Å²) in [5, 5.41) is 14.4. The Balaban J connectivity index is 1.42. The smallest absolute Gasteiger partial charge is 0.273 e. The Hall–Kier alpha value is -3.63. The highest BCUT2D eigenvalue weighted by Gasteiger charge is 2.47. The number of carbonyl (C=O) groups excluding carboxylic acids is 2. The molecule has 0 spiro atoms. The van der Waals surface area contributed by atoms with Gasteiger partial charge in [0.1, 0.15) is 0 Å². The lowest BCUT2D eigenvalue weighted by molar-refractivity contribution is 0.0117. The number of carbonyl (C=O) groups is 2. The number of rotatable bonds is 6. The van der Waals surface area contributed by atoms with Crippen molar-refractivity contribution in [2.24, 2.45) is 7.05 Å². The lowest BCUT2D eigenvalue weighted by Crippen LogP contribution is -2.38. The van der Waals surface area contributed by atoms with Crippen LogP contribution in [0.5, 0.6) is 0 Å². The minimum Gasteiger partial charge on any atom is -0.347 e. The van der Waals surface area contributed by atoms with Gasteiger partial charge in [-0.05, 0) is 5.56 Å². The lowest BCUT2D eigenvalue weighted by atomic mass is 10.2. The summed E-state index contributed by atoms with van der Waals surface area (Å²) in [7, 11) is 1.65. The zero-order chi connectivity index (χ0) is 22.0. The zero-order valence-electron chi connectivity index (χ0n) is 16.8. The summed E-state index contributed by atoms with van der Waals surface area (Å²) in [5.74, 6) is -3.94. The molecule has 1 aromatic carbocycles. The Bertz CT molecular complexity index is 1080. The number of aryl methyl sites for hydroxylation is 1. The van der Waals surface area contributed by atoms with Crippen LogP contribution in [-0.4, -0.2) is 60.0 Å². The van der Waals surface area contributed by atoms with Crippen LogP contribution in [0.3, 0.4) is 0 Å². The third-order valence-electron chi connectivity index (χ3n) is 5.05. The van der Waals surface area contributed by atoms with Crippen molar-refractivity contribution < 1.29 is 18.4 Å². The molecule has 3 heterocycles. The van der Waals surface area contributed by atoms with Gasteiger partial charge in [-0.3, -0.25) is 14.3 Å². The molecule has 0 unspecified atom stereocenters. The van der Waals surface area contributed by atoms with Crippen molar-refractivity contribution in [2.45, 2.75) is 31.5 Å². The number of aromatic nitrogens is 5. The van der Waals surface area contributed by atoms with Gasteiger partial charge in [0.2, 0.25) is 0 Å². The molecule has 0 bridgehead atoms. The van der Waals surface area contributed by atoms with Crippen LogP contribution in [0.4, 0.5) is 8.78 Å². The fraction of sp³-hybridized carbons (Fsp3) is 0.350. The maximum absolute atomic E-state index is 14.1. The summed E-state index contributed by atoms with van der Waals surface area (Å²) < 4.78 is 31.0.